The van der Waals surface area contributed by atoms with Gasteiger partial charge in [0.1, 0.15) is 5.75 Å². The zero-order valence-electron chi connectivity index (χ0n) is 13.6. The van der Waals surface area contributed by atoms with Crippen LogP contribution >= 0.6 is 0 Å². The van der Waals surface area contributed by atoms with Gasteiger partial charge in [0.15, 0.2) is 0 Å². The first-order chi connectivity index (χ1) is 10.6. The third kappa shape index (κ3) is 3.35. The quantitative estimate of drug-likeness (QED) is 0.908. The fourth-order valence-electron chi connectivity index (χ4n) is 2.93. The molecule has 1 aromatic rings. The topological polar surface area (TPSA) is 59.0 Å². The summed E-state index contributed by atoms with van der Waals surface area (Å²) in [4.78, 5) is 13.9. The molecule has 1 aliphatic rings. The Balaban J connectivity index is 2.33. The summed E-state index contributed by atoms with van der Waals surface area (Å²) >= 11 is 0. The molecule has 5 nitrogen and oxygen atoms in total. The van der Waals surface area contributed by atoms with E-state index in [1.807, 2.05) is 26.0 Å². The lowest BCUT2D eigenvalue weighted by atomic mass is 9.91. The smallest absolute Gasteiger partial charge is 0.410 e. The van der Waals surface area contributed by atoms with E-state index in [-0.39, 0.29) is 18.7 Å². The van der Waals surface area contributed by atoms with Crippen molar-refractivity contribution in [1.82, 2.24) is 4.90 Å². The second kappa shape index (κ2) is 7.49. The van der Waals surface area contributed by atoms with Gasteiger partial charge in [-0.25, -0.2) is 4.79 Å². The maximum atomic E-state index is 12.1. The number of fused-ring (bicyclic) bond motifs is 1. The Kier molecular flexibility index (Phi) is 5.66. The number of nitrogens with zero attached hydrogens (tertiary/aromatic N) is 1. The van der Waals surface area contributed by atoms with Crippen LogP contribution in [0.25, 0.3) is 0 Å². The summed E-state index contributed by atoms with van der Waals surface area (Å²) < 4.78 is 10.8. The Morgan fingerprint density at radius 2 is 2.05 bits per heavy atom. The van der Waals surface area contributed by atoms with Crippen molar-refractivity contribution in [2.45, 2.75) is 52.8 Å². The van der Waals surface area contributed by atoms with Gasteiger partial charge in [-0.1, -0.05) is 6.92 Å². The molecule has 5 heteroatoms. The van der Waals surface area contributed by atoms with Gasteiger partial charge in [-0.2, -0.15) is 0 Å². The molecule has 22 heavy (non-hydrogen) atoms. The molecule has 0 saturated carbocycles. The number of aliphatic hydroxyl groups is 1. The van der Waals surface area contributed by atoms with Gasteiger partial charge in [-0.15, -0.1) is 0 Å². The summed E-state index contributed by atoms with van der Waals surface area (Å²) in [5.41, 5.74) is 3.05. The lowest BCUT2D eigenvalue weighted by molar-refractivity contribution is 0.0812. The second-order valence-electron chi connectivity index (χ2n) is 5.41. The summed E-state index contributed by atoms with van der Waals surface area (Å²) in [5.74, 6) is 0.697. The van der Waals surface area contributed by atoms with E-state index >= 15 is 0 Å². The van der Waals surface area contributed by atoms with E-state index in [9.17, 15) is 9.90 Å². The van der Waals surface area contributed by atoms with Crippen molar-refractivity contribution in [2.75, 3.05) is 13.2 Å². The number of hydrogen-bond donors (Lipinski definition) is 1. The number of carbonyl (C=O) groups is 1. The van der Waals surface area contributed by atoms with Crippen LogP contribution in [0.15, 0.2) is 12.1 Å². The Labute approximate surface area is 131 Å². The molecule has 1 aromatic carbocycles. The number of aliphatic hydroxyl groups excluding tert-OH is 1. The molecule has 122 valence electrons. The largest absolute Gasteiger partial charge is 0.493 e. The minimum absolute atomic E-state index is 0.0407. The van der Waals surface area contributed by atoms with Gasteiger partial charge in [0.25, 0.3) is 0 Å². The number of ether oxygens (including phenoxy) is 2. The average molecular weight is 307 g/mol. The summed E-state index contributed by atoms with van der Waals surface area (Å²) in [7, 11) is 0. The van der Waals surface area contributed by atoms with Gasteiger partial charge in [-0.3, -0.25) is 0 Å². The lowest BCUT2D eigenvalue weighted by Gasteiger charge is -2.36. The van der Waals surface area contributed by atoms with Gasteiger partial charge in [0, 0.05) is 18.2 Å². The molecule has 1 aliphatic heterocycles. The summed E-state index contributed by atoms with van der Waals surface area (Å²) in [6, 6.07) is 4.09. The highest BCUT2D eigenvalue weighted by atomic mass is 16.6. The van der Waals surface area contributed by atoms with Crippen molar-refractivity contribution in [3.63, 3.8) is 0 Å². The molecule has 1 unspecified atom stereocenters. The Hall–Kier alpha value is -1.75. The van der Waals surface area contributed by atoms with Crippen molar-refractivity contribution in [3.8, 4) is 5.75 Å². The third-order valence-corrected chi connectivity index (χ3v) is 4.06. The van der Waals surface area contributed by atoms with Crippen LogP contribution < -0.4 is 4.74 Å². The third-order valence-electron chi connectivity index (χ3n) is 4.06. The molecule has 1 N–H and O–H groups in total. The first-order valence-electron chi connectivity index (χ1n) is 7.96. The molecular formula is C17H25NO4. The van der Waals surface area contributed by atoms with E-state index in [0.717, 1.165) is 24.0 Å². The van der Waals surface area contributed by atoms with E-state index in [1.165, 1.54) is 5.56 Å². The van der Waals surface area contributed by atoms with Crippen molar-refractivity contribution in [2.24, 2.45) is 0 Å². The summed E-state index contributed by atoms with van der Waals surface area (Å²) in [5, 5.41) is 9.52. The Bertz CT molecular complexity index is 530. The Morgan fingerprint density at radius 1 is 1.27 bits per heavy atom. The number of hydrogen-bond acceptors (Lipinski definition) is 4. The van der Waals surface area contributed by atoms with Crippen LogP contribution in [-0.2, 0) is 24.3 Å². The first-order valence-corrected chi connectivity index (χ1v) is 7.96. The molecule has 1 atom stereocenters. The van der Waals surface area contributed by atoms with Crippen molar-refractivity contribution >= 4 is 6.09 Å². The SMILES string of the molecule is CCOC(=O)N1Cc2cc(OCC)c(CO)cc2CC1CC. The molecule has 0 fully saturated rings. The number of amides is 1. The molecule has 0 bridgehead atoms. The molecule has 1 heterocycles. The van der Waals surface area contributed by atoms with Crippen LogP contribution in [0.2, 0.25) is 0 Å². The van der Waals surface area contributed by atoms with Crippen LogP contribution in [-0.4, -0.2) is 35.4 Å². The van der Waals surface area contributed by atoms with Gasteiger partial charge < -0.3 is 19.5 Å². The van der Waals surface area contributed by atoms with E-state index in [0.29, 0.717) is 25.5 Å². The van der Waals surface area contributed by atoms with E-state index in [1.54, 1.807) is 4.90 Å². The highest BCUT2D eigenvalue weighted by Gasteiger charge is 2.30. The Morgan fingerprint density at radius 3 is 2.64 bits per heavy atom. The number of rotatable bonds is 5. The molecule has 0 saturated heterocycles. The molecule has 1 amide bonds. The fourth-order valence-corrected chi connectivity index (χ4v) is 2.93. The van der Waals surface area contributed by atoms with Gasteiger partial charge in [0.05, 0.1) is 19.8 Å². The molecular weight excluding hydrogens is 282 g/mol. The normalized spacial score (nSPS) is 17.1. The predicted molar refractivity (Wildman–Crippen MR) is 83.9 cm³/mol. The highest BCUT2D eigenvalue weighted by molar-refractivity contribution is 5.69. The van der Waals surface area contributed by atoms with Crippen LogP contribution in [0, 0.1) is 0 Å². The maximum absolute atomic E-state index is 12.1. The fraction of sp³-hybridized carbons (Fsp3) is 0.588. The monoisotopic (exact) mass is 307 g/mol. The van der Waals surface area contributed by atoms with Gasteiger partial charge in [-0.05, 0) is 49.9 Å². The van der Waals surface area contributed by atoms with Crippen LogP contribution in [0.3, 0.4) is 0 Å². The van der Waals surface area contributed by atoms with Crippen LogP contribution in [0.5, 0.6) is 5.75 Å². The molecule has 0 spiro atoms. The predicted octanol–water partition coefficient (Wildman–Crippen LogP) is 2.87. The van der Waals surface area contributed by atoms with Crippen molar-refractivity contribution in [3.05, 3.63) is 28.8 Å². The maximum Gasteiger partial charge on any atom is 0.410 e. The molecule has 0 radical (unpaired) electrons. The number of benzene rings is 1. The second-order valence-corrected chi connectivity index (χ2v) is 5.41. The van der Waals surface area contributed by atoms with Gasteiger partial charge in [0.2, 0.25) is 0 Å². The zero-order valence-corrected chi connectivity index (χ0v) is 13.6. The highest BCUT2D eigenvalue weighted by Crippen LogP contribution is 2.31. The molecule has 0 aromatic heterocycles. The van der Waals surface area contributed by atoms with Crippen molar-refractivity contribution in [1.29, 1.82) is 0 Å². The number of carbonyl (C=O) groups excluding carboxylic acids is 1. The molecule has 0 aliphatic carbocycles. The average Bonchev–Trinajstić information content (AvgIpc) is 2.53. The van der Waals surface area contributed by atoms with Crippen LogP contribution in [0.4, 0.5) is 4.79 Å². The first kappa shape index (κ1) is 16.6. The van der Waals surface area contributed by atoms with Gasteiger partial charge >= 0.3 is 6.09 Å². The summed E-state index contributed by atoms with van der Waals surface area (Å²) in [6.45, 7) is 7.22. The van der Waals surface area contributed by atoms with Crippen LogP contribution in [0.1, 0.15) is 43.9 Å². The lowest BCUT2D eigenvalue weighted by Crippen LogP contribution is -2.44. The summed E-state index contributed by atoms with van der Waals surface area (Å²) in [6.07, 6.45) is 1.40. The zero-order chi connectivity index (χ0) is 16.1. The standard InChI is InChI=1S/C17H25NO4/c1-4-15-8-12-7-14(11-19)16(21-5-2)9-13(12)10-18(15)17(20)22-6-3/h7,9,15,19H,4-6,8,10-11H2,1-3H3. The van der Waals surface area contributed by atoms with E-state index < -0.39 is 0 Å². The van der Waals surface area contributed by atoms with E-state index in [4.69, 9.17) is 9.47 Å². The van der Waals surface area contributed by atoms with Crippen molar-refractivity contribution < 1.29 is 19.4 Å². The molecule has 2 rings (SSSR count). The minimum atomic E-state index is -0.260. The van der Waals surface area contributed by atoms with E-state index in [2.05, 4.69) is 6.92 Å². The minimum Gasteiger partial charge on any atom is -0.493 e.